The van der Waals surface area contributed by atoms with E-state index in [-0.39, 0.29) is 0 Å². The summed E-state index contributed by atoms with van der Waals surface area (Å²) in [5, 5.41) is 15.7. The van der Waals surface area contributed by atoms with Gasteiger partial charge in [0.1, 0.15) is 16.8 Å². The average molecular weight is 465 g/mol. The fourth-order valence-electron chi connectivity index (χ4n) is 3.80. The molecule has 0 radical (unpaired) electrons. The molecule has 6 nitrogen and oxygen atoms in total. The summed E-state index contributed by atoms with van der Waals surface area (Å²) in [7, 11) is 0. The molecule has 0 fully saturated rings. The Morgan fingerprint density at radius 3 is 2.66 bits per heavy atom. The lowest BCUT2D eigenvalue weighted by Gasteiger charge is -2.25. The normalized spacial score (nSPS) is 18.4. The summed E-state index contributed by atoms with van der Waals surface area (Å²) < 4.78 is 19.8. The molecule has 1 atom stereocenters. The van der Waals surface area contributed by atoms with Gasteiger partial charge in [-0.2, -0.15) is 20.1 Å². The van der Waals surface area contributed by atoms with E-state index in [1.165, 1.54) is 0 Å². The van der Waals surface area contributed by atoms with Gasteiger partial charge in [-0.15, -0.1) is 0 Å². The van der Waals surface area contributed by atoms with E-state index >= 15 is 0 Å². The summed E-state index contributed by atoms with van der Waals surface area (Å²) in [5.74, 6) is -1.73. The van der Waals surface area contributed by atoms with Gasteiger partial charge in [0, 0.05) is 17.6 Å². The molecule has 0 saturated heterocycles. The van der Waals surface area contributed by atoms with Crippen LogP contribution in [0.3, 0.4) is 0 Å². The van der Waals surface area contributed by atoms with Gasteiger partial charge in [0.25, 0.3) is 5.79 Å². The van der Waals surface area contributed by atoms with Gasteiger partial charge in [-0.05, 0) is 70.8 Å². The molecule has 2 aromatic carbocycles. The molecule has 1 aliphatic rings. The average Bonchev–Trinajstić information content (AvgIpc) is 3.53. The minimum atomic E-state index is -1.87. The molecular weight excluding hydrogens is 444 g/mol. The van der Waals surface area contributed by atoms with Gasteiger partial charge in [0.15, 0.2) is 0 Å². The fourth-order valence-corrected chi connectivity index (χ4v) is 4.99. The Labute approximate surface area is 193 Å². The fraction of sp³-hybridized carbons (Fsp3) is 0.208. The number of fused-ring (bicyclic) bond motifs is 1. The number of rotatable bonds is 7. The topological polar surface area (TPSA) is 81.5 Å². The molecule has 4 aromatic rings. The molecule has 0 amide bonds. The Hall–Kier alpha value is -3.07. The quantitative estimate of drug-likeness (QED) is 0.390. The van der Waals surface area contributed by atoms with Crippen molar-refractivity contribution < 1.29 is 19.4 Å². The number of aromatic nitrogens is 2. The highest BCUT2D eigenvalue weighted by Crippen LogP contribution is 2.45. The molecule has 5 rings (SSSR count). The Morgan fingerprint density at radius 1 is 1.09 bits per heavy atom. The number of carbonyl (C=O) groups is 1. The van der Waals surface area contributed by atoms with Crippen molar-refractivity contribution >= 4 is 45.6 Å². The van der Waals surface area contributed by atoms with Gasteiger partial charge < -0.3 is 14.6 Å². The summed E-state index contributed by atoms with van der Waals surface area (Å²) >= 11 is 2.69. The van der Waals surface area contributed by atoms with Crippen LogP contribution < -0.4 is 4.74 Å². The highest BCUT2D eigenvalue weighted by atomic mass is 32.1. The molecule has 162 valence electrons. The van der Waals surface area contributed by atoms with Crippen molar-refractivity contribution in [2.24, 2.45) is 0 Å². The molecule has 8 heteroatoms. The SMILES string of the molecule is CCCOc1ccc(C2(O)OC(=O)C(c3ccc4nsnc4c3)=C2Cc2ccsc2)cc1. The molecule has 0 aliphatic carbocycles. The van der Waals surface area contributed by atoms with Gasteiger partial charge in [-0.3, -0.25) is 0 Å². The van der Waals surface area contributed by atoms with E-state index in [0.29, 0.717) is 46.6 Å². The Bertz CT molecular complexity index is 1300. The standard InChI is InChI=1S/C24H20N2O4S2/c1-2-10-29-18-6-4-17(5-7-18)24(28)19(12-15-9-11-31-14-15)22(23(27)30-24)16-3-8-20-21(13-16)26-32-25-20/h3-9,11,13-14,28H,2,10,12H2,1H3. The highest BCUT2D eigenvalue weighted by molar-refractivity contribution is 7.08. The van der Waals surface area contributed by atoms with Crippen molar-refractivity contribution in [1.29, 1.82) is 0 Å². The largest absolute Gasteiger partial charge is 0.494 e. The summed E-state index contributed by atoms with van der Waals surface area (Å²) in [6, 6.07) is 14.5. The summed E-state index contributed by atoms with van der Waals surface area (Å²) in [6.07, 6.45) is 1.28. The third-order valence-corrected chi connectivity index (χ3v) is 6.67. The van der Waals surface area contributed by atoms with Crippen LogP contribution >= 0.6 is 23.1 Å². The number of thiophene rings is 1. The number of hydrogen-bond donors (Lipinski definition) is 1. The van der Waals surface area contributed by atoms with E-state index in [1.807, 2.05) is 41.9 Å². The first kappa shape index (κ1) is 20.8. The van der Waals surface area contributed by atoms with E-state index < -0.39 is 11.8 Å². The third kappa shape index (κ3) is 3.70. The molecule has 1 N–H and O–H groups in total. The van der Waals surface area contributed by atoms with Crippen LogP contribution in [0, 0.1) is 0 Å². The lowest BCUT2D eigenvalue weighted by Crippen LogP contribution is -2.29. The second kappa shape index (κ2) is 8.46. The van der Waals surface area contributed by atoms with Crippen molar-refractivity contribution in [3.63, 3.8) is 0 Å². The van der Waals surface area contributed by atoms with E-state index in [9.17, 15) is 9.90 Å². The zero-order valence-electron chi connectivity index (χ0n) is 17.3. The van der Waals surface area contributed by atoms with Crippen LogP contribution in [-0.4, -0.2) is 26.4 Å². The smallest absolute Gasteiger partial charge is 0.342 e. The lowest BCUT2D eigenvalue weighted by molar-refractivity contribution is -0.185. The molecule has 0 spiro atoms. The van der Waals surface area contributed by atoms with Gasteiger partial charge in [-0.25, -0.2) is 4.79 Å². The van der Waals surface area contributed by atoms with E-state index in [0.717, 1.165) is 29.2 Å². The van der Waals surface area contributed by atoms with E-state index in [2.05, 4.69) is 8.75 Å². The number of benzene rings is 2. The first-order valence-electron chi connectivity index (χ1n) is 10.2. The predicted molar refractivity (Wildman–Crippen MR) is 125 cm³/mol. The van der Waals surface area contributed by atoms with Crippen molar-refractivity contribution in [3.8, 4) is 5.75 Å². The third-order valence-electron chi connectivity index (χ3n) is 5.38. The van der Waals surface area contributed by atoms with Gasteiger partial charge in [-0.1, -0.05) is 13.0 Å². The van der Waals surface area contributed by atoms with Crippen LogP contribution in [0.25, 0.3) is 16.6 Å². The second-order valence-corrected chi connectivity index (χ2v) is 8.84. The van der Waals surface area contributed by atoms with Crippen LogP contribution in [0.1, 0.15) is 30.0 Å². The molecule has 2 aromatic heterocycles. The predicted octanol–water partition coefficient (Wildman–Crippen LogP) is 4.94. The van der Waals surface area contributed by atoms with Gasteiger partial charge >= 0.3 is 5.97 Å². The van der Waals surface area contributed by atoms with E-state index in [1.54, 1.807) is 35.6 Å². The number of esters is 1. The molecule has 1 aliphatic heterocycles. The Kier molecular flexibility index (Phi) is 5.50. The number of carbonyl (C=O) groups excluding carboxylic acids is 1. The summed E-state index contributed by atoms with van der Waals surface area (Å²) in [5.41, 5.74) is 4.47. The first-order chi connectivity index (χ1) is 15.6. The minimum Gasteiger partial charge on any atom is -0.494 e. The number of hydrogen-bond acceptors (Lipinski definition) is 8. The van der Waals surface area contributed by atoms with Crippen LogP contribution in [0.5, 0.6) is 5.75 Å². The van der Waals surface area contributed by atoms with Gasteiger partial charge in [0.2, 0.25) is 0 Å². The zero-order valence-corrected chi connectivity index (χ0v) is 18.9. The maximum absolute atomic E-state index is 13.1. The lowest BCUT2D eigenvalue weighted by atomic mass is 9.88. The van der Waals surface area contributed by atoms with Crippen molar-refractivity contribution in [2.45, 2.75) is 25.6 Å². The number of ether oxygens (including phenoxy) is 2. The Morgan fingerprint density at radius 2 is 1.91 bits per heavy atom. The maximum atomic E-state index is 13.1. The summed E-state index contributed by atoms with van der Waals surface area (Å²) in [6.45, 7) is 2.65. The zero-order chi connectivity index (χ0) is 22.1. The molecule has 32 heavy (non-hydrogen) atoms. The van der Waals surface area contributed by atoms with Crippen molar-refractivity contribution in [3.05, 3.63) is 81.6 Å². The molecular formula is C24H20N2O4S2. The minimum absolute atomic E-state index is 0.361. The van der Waals surface area contributed by atoms with Crippen LogP contribution in [0.4, 0.5) is 0 Å². The molecule has 0 saturated carbocycles. The highest BCUT2D eigenvalue weighted by Gasteiger charge is 2.48. The van der Waals surface area contributed by atoms with Crippen molar-refractivity contribution in [2.75, 3.05) is 6.61 Å². The van der Waals surface area contributed by atoms with Crippen LogP contribution in [0.15, 0.2) is 64.9 Å². The van der Waals surface area contributed by atoms with Crippen molar-refractivity contribution in [1.82, 2.24) is 8.75 Å². The number of nitrogens with zero attached hydrogens (tertiary/aromatic N) is 2. The summed E-state index contributed by atoms with van der Waals surface area (Å²) in [4.78, 5) is 13.1. The first-order valence-corrected chi connectivity index (χ1v) is 11.9. The van der Waals surface area contributed by atoms with E-state index in [4.69, 9.17) is 9.47 Å². The maximum Gasteiger partial charge on any atom is 0.342 e. The number of cyclic esters (lactones) is 1. The Balaban J connectivity index is 1.62. The number of aliphatic hydroxyl groups is 1. The van der Waals surface area contributed by atoms with Crippen LogP contribution in [0.2, 0.25) is 0 Å². The molecule has 0 bridgehead atoms. The monoisotopic (exact) mass is 464 g/mol. The van der Waals surface area contributed by atoms with Crippen LogP contribution in [-0.2, 0) is 21.7 Å². The van der Waals surface area contributed by atoms with Gasteiger partial charge in [0.05, 0.1) is 23.9 Å². The molecule has 1 unspecified atom stereocenters. The molecule has 3 heterocycles. The second-order valence-electron chi connectivity index (χ2n) is 7.54.